The molecule has 23 heavy (non-hydrogen) atoms. The fourth-order valence-electron chi connectivity index (χ4n) is 2.32. The van der Waals surface area contributed by atoms with Gasteiger partial charge in [-0.05, 0) is 17.7 Å². The number of hydrogen-bond acceptors (Lipinski definition) is 4. The molecule has 116 valence electrons. The first kappa shape index (κ1) is 14.9. The molecule has 6 nitrogen and oxygen atoms in total. The number of nitrogens with zero attached hydrogens (tertiary/aromatic N) is 4. The van der Waals surface area contributed by atoms with Gasteiger partial charge in [-0.15, -0.1) is 0 Å². The van der Waals surface area contributed by atoms with Crippen molar-refractivity contribution in [1.82, 2.24) is 25.1 Å². The molecule has 2 aromatic heterocycles. The van der Waals surface area contributed by atoms with Gasteiger partial charge in [-0.3, -0.25) is 14.5 Å². The number of aromatic nitrogens is 4. The molecule has 0 spiro atoms. The van der Waals surface area contributed by atoms with E-state index in [9.17, 15) is 4.79 Å². The van der Waals surface area contributed by atoms with E-state index in [1.165, 1.54) is 6.33 Å². The Balaban J connectivity index is 1.72. The summed E-state index contributed by atoms with van der Waals surface area (Å²) >= 11 is 0. The number of hydrogen-bond donors (Lipinski definition) is 1. The fourth-order valence-corrected chi connectivity index (χ4v) is 2.32. The summed E-state index contributed by atoms with van der Waals surface area (Å²) in [5.41, 5.74) is 1.81. The van der Waals surface area contributed by atoms with Crippen molar-refractivity contribution in [2.75, 3.05) is 0 Å². The van der Waals surface area contributed by atoms with Crippen LogP contribution in [0, 0.1) is 0 Å². The number of pyridine rings is 1. The van der Waals surface area contributed by atoms with E-state index in [2.05, 4.69) is 20.4 Å². The number of rotatable bonds is 6. The van der Waals surface area contributed by atoms with Crippen LogP contribution in [-0.4, -0.2) is 25.7 Å². The first-order chi connectivity index (χ1) is 11.3. The lowest BCUT2D eigenvalue weighted by Crippen LogP contribution is -2.30. The number of aryl methyl sites for hydroxylation is 1. The van der Waals surface area contributed by atoms with Crippen molar-refractivity contribution < 1.29 is 4.79 Å². The highest BCUT2D eigenvalue weighted by Gasteiger charge is 2.17. The quantitative estimate of drug-likeness (QED) is 0.755. The largest absolute Gasteiger partial charge is 0.344 e. The molecule has 3 aromatic rings. The zero-order valence-corrected chi connectivity index (χ0v) is 12.5. The number of benzene rings is 1. The molecule has 1 atom stereocenters. The minimum atomic E-state index is -0.263. The number of nitrogens with one attached hydrogen (secondary N) is 1. The van der Waals surface area contributed by atoms with Gasteiger partial charge in [0.05, 0.1) is 18.3 Å². The average Bonchev–Trinajstić information content (AvgIpc) is 3.13. The predicted molar refractivity (Wildman–Crippen MR) is 85.3 cm³/mol. The maximum Gasteiger partial charge on any atom is 0.222 e. The van der Waals surface area contributed by atoms with Crippen molar-refractivity contribution in [2.45, 2.75) is 19.0 Å². The van der Waals surface area contributed by atoms with E-state index in [1.54, 1.807) is 17.2 Å². The second-order valence-electron chi connectivity index (χ2n) is 5.07. The summed E-state index contributed by atoms with van der Waals surface area (Å²) in [4.78, 5) is 20.5. The van der Waals surface area contributed by atoms with Crippen LogP contribution >= 0.6 is 0 Å². The van der Waals surface area contributed by atoms with Gasteiger partial charge in [0, 0.05) is 12.6 Å². The van der Waals surface area contributed by atoms with Crippen LogP contribution in [0.25, 0.3) is 0 Å². The van der Waals surface area contributed by atoms with E-state index < -0.39 is 0 Å². The Morgan fingerprint density at radius 2 is 1.96 bits per heavy atom. The van der Waals surface area contributed by atoms with E-state index in [0.29, 0.717) is 13.0 Å². The molecule has 6 heteroatoms. The molecule has 1 aromatic carbocycles. The molecule has 0 bridgehead atoms. The molecule has 0 aliphatic rings. The smallest absolute Gasteiger partial charge is 0.222 e. The third kappa shape index (κ3) is 4.00. The van der Waals surface area contributed by atoms with Gasteiger partial charge in [-0.25, -0.2) is 4.98 Å². The summed E-state index contributed by atoms with van der Waals surface area (Å²) < 4.78 is 1.64. The fraction of sp³-hybridized carbons (Fsp3) is 0.176. The van der Waals surface area contributed by atoms with Crippen LogP contribution in [0.15, 0.2) is 67.4 Å². The van der Waals surface area contributed by atoms with E-state index in [-0.39, 0.29) is 11.9 Å². The standard InChI is InChI=1S/C17H17N5O/c23-16(9-11-22-13-18-12-20-22)21-17(14-6-2-1-3-7-14)15-8-4-5-10-19-15/h1-8,10,12-13,17H,9,11H2,(H,21,23). The highest BCUT2D eigenvalue weighted by atomic mass is 16.1. The topological polar surface area (TPSA) is 72.7 Å². The van der Waals surface area contributed by atoms with Gasteiger partial charge < -0.3 is 5.32 Å². The SMILES string of the molecule is O=C(CCn1cncn1)NC(c1ccccc1)c1ccccn1. The Hall–Kier alpha value is -3.02. The molecule has 0 fully saturated rings. The molecule has 0 radical (unpaired) electrons. The third-order valence-corrected chi connectivity index (χ3v) is 3.46. The first-order valence-electron chi connectivity index (χ1n) is 7.40. The zero-order chi connectivity index (χ0) is 15.9. The molecule has 0 saturated heterocycles. The summed E-state index contributed by atoms with van der Waals surface area (Å²) in [5.74, 6) is -0.0555. The maximum atomic E-state index is 12.3. The van der Waals surface area contributed by atoms with Gasteiger partial charge in [-0.1, -0.05) is 36.4 Å². The van der Waals surface area contributed by atoms with Gasteiger partial charge in [0.15, 0.2) is 0 Å². The monoisotopic (exact) mass is 307 g/mol. The van der Waals surface area contributed by atoms with Crippen molar-refractivity contribution in [2.24, 2.45) is 0 Å². The summed E-state index contributed by atoms with van der Waals surface area (Å²) in [5, 5.41) is 7.05. The molecular weight excluding hydrogens is 290 g/mol. The van der Waals surface area contributed by atoms with Crippen molar-refractivity contribution in [1.29, 1.82) is 0 Å². The minimum absolute atomic E-state index is 0.0555. The van der Waals surface area contributed by atoms with Crippen molar-refractivity contribution in [3.8, 4) is 0 Å². The van der Waals surface area contributed by atoms with Crippen molar-refractivity contribution in [3.63, 3.8) is 0 Å². The predicted octanol–water partition coefficient (Wildman–Crippen LogP) is 1.97. The highest BCUT2D eigenvalue weighted by molar-refractivity contribution is 5.76. The second-order valence-corrected chi connectivity index (χ2v) is 5.07. The summed E-state index contributed by atoms with van der Waals surface area (Å²) in [6, 6.07) is 15.2. The lowest BCUT2D eigenvalue weighted by Gasteiger charge is -2.19. The normalized spacial score (nSPS) is 11.8. The van der Waals surface area contributed by atoms with Gasteiger partial charge in [0.25, 0.3) is 0 Å². The molecule has 1 amide bonds. The second kappa shape index (κ2) is 7.31. The number of carbonyl (C=O) groups excluding carboxylic acids is 1. The average molecular weight is 307 g/mol. The lowest BCUT2D eigenvalue weighted by molar-refractivity contribution is -0.121. The Kier molecular flexibility index (Phi) is 4.73. The number of amides is 1. The van der Waals surface area contributed by atoms with E-state index in [4.69, 9.17) is 0 Å². The van der Waals surface area contributed by atoms with Crippen LogP contribution < -0.4 is 5.32 Å². The summed E-state index contributed by atoms with van der Waals surface area (Å²) in [6.07, 6.45) is 5.12. The summed E-state index contributed by atoms with van der Waals surface area (Å²) in [7, 11) is 0. The highest BCUT2D eigenvalue weighted by Crippen LogP contribution is 2.20. The van der Waals surface area contributed by atoms with Crippen LogP contribution in [0.1, 0.15) is 23.7 Å². The van der Waals surface area contributed by atoms with Crippen LogP contribution in [0.5, 0.6) is 0 Å². The first-order valence-corrected chi connectivity index (χ1v) is 7.40. The van der Waals surface area contributed by atoms with Gasteiger partial charge in [-0.2, -0.15) is 5.10 Å². The van der Waals surface area contributed by atoms with E-state index in [0.717, 1.165) is 11.3 Å². The van der Waals surface area contributed by atoms with E-state index in [1.807, 2.05) is 48.5 Å². The Morgan fingerprint density at radius 3 is 2.65 bits per heavy atom. The van der Waals surface area contributed by atoms with Crippen LogP contribution in [0.4, 0.5) is 0 Å². The Morgan fingerprint density at radius 1 is 1.13 bits per heavy atom. The van der Waals surface area contributed by atoms with Gasteiger partial charge in [0.2, 0.25) is 5.91 Å². The molecular formula is C17H17N5O. The molecule has 3 rings (SSSR count). The molecule has 0 saturated carbocycles. The van der Waals surface area contributed by atoms with Crippen molar-refractivity contribution >= 4 is 5.91 Å². The van der Waals surface area contributed by atoms with Crippen LogP contribution in [0.2, 0.25) is 0 Å². The molecule has 1 N–H and O–H groups in total. The minimum Gasteiger partial charge on any atom is -0.344 e. The zero-order valence-electron chi connectivity index (χ0n) is 12.5. The number of carbonyl (C=O) groups is 1. The van der Waals surface area contributed by atoms with Crippen LogP contribution in [0.3, 0.4) is 0 Å². The van der Waals surface area contributed by atoms with Crippen molar-refractivity contribution in [3.05, 3.63) is 78.6 Å². The Labute approximate surface area is 134 Å². The summed E-state index contributed by atoms with van der Waals surface area (Å²) in [6.45, 7) is 0.496. The van der Waals surface area contributed by atoms with Gasteiger partial charge >= 0.3 is 0 Å². The van der Waals surface area contributed by atoms with Gasteiger partial charge in [0.1, 0.15) is 12.7 Å². The molecule has 0 aliphatic heterocycles. The third-order valence-electron chi connectivity index (χ3n) is 3.46. The maximum absolute atomic E-state index is 12.3. The van der Waals surface area contributed by atoms with E-state index >= 15 is 0 Å². The van der Waals surface area contributed by atoms with Crippen LogP contribution in [-0.2, 0) is 11.3 Å². The molecule has 0 aliphatic carbocycles. The molecule has 1 unspecified atom stereocenters. The lowest BCUT2D eigenvalue weighted by atomic mass is 10.0. The Bertz CT molecular complexity index is 689. The molecule has 2 heterocycles.